The highest BCUT2D eigenvalue weighted by Crippen LogP contribution is 2.29. The summed E-state index contributed by atoms with van der Waals surface area (Å²) >= 11 is 0. The number of benzene rings is 2. The van der Waals surface area contributed by atoms with Crippen LogP contribution in [0.25, 0.3) is 0 Å². The third-order valence-corrected chi connectivity index (χ3v) is 5.42. The lowest BCUT2D eigenvalue weighted by Gasteiger charge is -2.14. The van der Waals surface area contributed by atoms with Crippen molar-refractivity contribution in [2.45, 2.75) is 31.6 Å². The number of ether oxygens (including phenoxy) is 3. The van der Waals surface area contributed by atoms with Crippen LogP contribution in [0.5, 0.6) is 11.5 Å². The smallest absolute Gasteiger partial charge is 0.306 e. The Morgan fingerprint density at radius 3 is 2.23 bits per heavy atom. The summed E-state index contributed by atoms with van der Waals surface area (Å²) in [5.41, 5.74) is 0.594. The van der Waals surface area contributed by atoms with Gasteiger partial charge in [-0.15, -0.1) is 0 Å². The highest BCUT2D eigenvalue weighted by atomic mass is 32.2. The summed E-state index contributed by atoms with van der Waals surface area (Å²) in [5, 5.41) is 2.58. The fourth-order valence-corrected chi connectivity index (χ4v) is 3.89. The van der Waals surface area contributed by atoms with Gasteiger partial charge in [-0.1, -0.05) is 0 Å². The highest BCUT2D eigenvalue weighted by Gasteiger charge is 2.21. The van der Waals surface area contributed by atoms with E-state index in [4.69, 9.17) is 14.2 Å². The molecule has 0 unspecified atom stereocenters. The van der Waals surface area contributed by atoms with Crippen LogP contribution in [-0.2, 0) is 24.3 Å². The minimum absolute atomic E-state index is 0.0692. The van der Waals surface area contributed by atoms with E-state index in [0.717, 1.165) is 0 Å². The number of rotatable bonds is 11. The van der Waals surface area contributed by atoms with Crippen LogP contribution in [0, 0.1) is 0 Å². The first-order valence-electron chi connectivity index (χ1n) is 9.68. The number of anilines is 2. The van der Waals surface area contributed by atoms with Crippen LogP contribution < -0.4 is 19.5 Å². The second-order valence-electron chi connectivity index (χ2n) is 6.28. The highest BCUT2D eigenvalue weighted by molar-refractivity contribution is 7.92. The topological polar surface area (TPSA) is 120 Å². The summed E-state index contributed by atoms with van der Waals surface area (Å²) in [6.45, 7) is 4.27. The van der Waals surface area contributed by atoms with Crippen LogP contribution in [-0.4, -0.2) is 40.6 Å². The molecule has 1 amide bonds. The molecular formula is C21H26N2O7S. The molecule has 9 nitrogen and oxygen atoms in total. The van der Waals surface area contributed by atoms with E-state index in [-0.39, 0.29) is 35.8 Å². The van der Waals surface area contributed by atoms with Crippen molar-refractivity contribution < 1.29 is 32.2 Å². The van der Waals surface area contributed by atoms with Gasteiger partial charge in [-0.05, 0) is 56.3 Å². The number of sulfonamides is 1. The normalized spacial score (nSPS) is 10.8. The first-order chi connectivity index (χ1) is 14.8. The van der Waals surface area contributed by atoms with Crippen LogP contribution in [0.2, 0.25) is 0 Å². The molecule has 31 heavy (non-hydrogen) atoms. The molecule has 0 heterocycles. The van der Waals surface area contributed by atoms with Gasteiger partial charge in [-0.3, -0.25) is 14.3 Å². The monoisotopic (exact) mass is 450 g/mol. The molecule has 0 aliphatic rings. The number of nitrogens with one attached hydrogen (secondary N) is 2. The molecule has 2 aromatic carbocycles. The second-order valence-corrected chi connectivity index (χ2v) is 7.93. The average molecular weight is 451 g/mol. The quantitative estimate of drug-likeness (QED) is 0.505. The molecule has 0 atom stereocenters. The van der Waals surface area contributed by atoms with Crippen molar-refractivity contribution >= 4 is 33.3 Å². The molecule has 0 bridgehead atoms. The molecule has 0 aliphatic carbocycles. The van der Waals surface area contributed by atoms with Gasteiger partial charge >= 0.3 is 5.97 Å². The zero-order chi connectivity index (χ0) is 22.9. The Bertz CT molecular complexity index is 1000. The Morgan fingerprint density at radius 2 is 1.61 bits per heavy atom. The lowest BCUT2D eigenvalue weighted by Crippen LogP contribution is -2.17. The van der Waals surface area contributed by atoms with Crippen molar-refractivity contribution in [2.75, 3.05) is 30.4 Å². The summed E-state index contributed by atoms with van der Waals surface area (Å²) in [7, 11) is -2.66. The maximum atomic E-state index is 12.9. The first-order valence-corrected chi connectivity index (χ1v) is 11.2. The predicted molar refractivity (Wildman–Crippen MR) is 116 cm³/mol. The van der Waals surface area contributed by atoms with Crippen molar-refractivity contribution in [3.63, 3.8) is 0 Å². The average Bonchev–Trinajstić information content (AvgIpc) is 2.74. The van der Waals surface area contributed by atoms with Gasteiger partial charge in [0.15, 0.2) is 0 Å². The van der Waals surface area contributed by atoms with E-state index in [0.29, 0.717) is 18.0 Å². The van der Waals surface area contributed by atoms with Gasteiger partial charge in [0.2, 0.25) is 5.91 Å². The first kappa shape index (κ1) is 24.0. The van der Waals surface area contributed by atoms with Crippen molar-refractivity contribution in [3.8, 4) is 11.5 Å². The third kappa shape index (κ3) is 7.18. The lowest BCUT2D eigenvalue weighted by molar-refractivity contribution is -0.144. The summed E-state index contributed by atoms with van der Waals surface area (Å²) in [4.78, 5) is 23.3. The molecule has 2 aromatic rings. The molecule has 2 rings (SSSR count). The van der Waals surface area contributed by atoms with E-state index in [1.54, 1.807) is 31.2 Å². The van der Waals surface area contributed by atoms with Gasteiger partial charge in [-0.25, -0.2) is 8.42 Å². The van der Waals surface area contributed by atoms with Crippen LogP contribution >= 0.6 is 0 Å². The van der Waals surface area contributed by atoms with Crippen LogP contribution in [0.3, 0.4) is 0 Å². The summed E-state index contributed by atoms with van der Waals surface area (Å²) in [5.74, 6) is -0.185. The van der Waals surface area contributed by atoms with Crippen LogP contribution in [0.1, 0.15) is 26.7 Å². The molecule has 168 valence electrons. The Labute approximate surface area is 181 Å². The minimum atomic E-state index is -4.01. The number of methoxy groups -OCH3 is 1. The maximum absolute atomic E-state index is 12.9. The number of hydrogen-bond acceptors (Lipinski definition) is 7. The van der Waals surface area contributed by atoms with Gasteiger partial charge in [0.25, 0.3) is 10.0 Å². The van der Waals surface area contributed by atoms with Crippen LogP contribution in [0.4, 0.5) is 11.4 Å². The van der Waals surface area contributed by atoms with Crippen molar-refractivity contribution in [1.82, 2.24) is 0 Å². The van der Waals surface area contributed by atoms with E-state index in [9.17, 15) is 18.0 Å². The lowest BCUT2D eigenvalue weighted by atomic mass is 10.2. The number of carbonyl (C=O) groups is 2. The zero-order valence-electron chi connectivity index (χ0n) is 17.6. The van der Waals surface area contributed by atoms with E-state index in [2.05, 4.69) is 10.0 Å². The predicted octanol–water partition coefficient (Wildman–Crippen LogP) is 3.18. The van der Waals surface area contributed by atoms with Gasteiger partial charge in [0, 0.05) is 17.8 Å². The van der Waals surface area contributed by atoms with E-state index in [1.807, 2.05) is 6.92 Å². The van der Waals surface area contributed by atoms with Gasteiger partial charge in [0.1, 0.15) is 16.4 Å². The van der Waals surface area contributed by atoms with Gasteiger partial charge < -0.3 is 19.5 Å². The van der Waals surface area contributed by atoms with Crippen molar-refractivity contribution in [2.24, 2.45) is 0 Å². The standard InChI is InChI=1S/C21H26N2O7S/c1-4-29-17-9-6-15(7-10-17)23-31(26,27)19-14-16(8-11-18(19)28-3)22-20(24)12-13-21(25)30-5-2/h6-11,14,23H,4-5,12-13H2,1-3H3,(H,22,24). The SMILES string of the molecule is CCOC(=O)CCC(=O)Nc1ccc(OC)c(S(=O)(=O)Nc2ccc(OCC)cc2)c1. The van der Waals surface area contributed by atoms with Crippen LogP contribution in [0.15, 0.2) is 47.4 Å². The molecule has 0 spiro atoms. The minimum Gasteiger partial charge on any atom is -0.495 e. The fraction of sp³-hybridized carbons (Fsp3) is 0.333. The van der Waals surface area contributed by atoms with E-state index in [1.165, 1.54) is 25.3 Å². The Morgan fingerprint density at radius 1 is 0.935 bits per heavy atom. The number of esters is 1. The van der Waals surface area contributed by atoms with Crippen molar-refractivity contribution in [3.05, 3.63) is 42.5 Å². The summed E-state index contributed by atoms with van der Waals surface area (Å²) in [6, 6.07) is 10.7. The largest absolute Gasteiger partial charge is 0.495 e. The molecule has 0 radical (unpaired) electrons. The maximum Gasteiger partial charge on any atom is 0.306 e. The zero-order valence-corrected chi connectivity index (χ0v) is 18.5. The molecular weight excluding hydrogens is 424 g/mol. The molecule has 2 N–H and O–H groups in total. The number of carbonyl (C=O) groups excluding carboxylic acids is 2. The molecule has 0 saturated carbocycles. The van der Waals surface area contributed by atoms with Gasteiger partial charge in [-0.2, -0.15) is 0 Å². The molecule has 0 aliphatic heterocycles. The molecule has 0 fully saturated rings. The van der Waals surface area contributed by atoms with Gasteiger partial charge in [0.05, 0.1) is 26.7 Å². The summed E-state index contributed by atoms with van der Waals surface area (Å²) in [6.07, 6.45) is -0.155. The molecule has 10 heteroatoms. The van der Waals surface area contributed by atoms with Crippen molar-refractivity contribution in [1.29, 1.82) is 0 Å². The Kier molecular flexibility index (Phi) is 8.68. The Hall–Kier alpha value is -3.27. The molecule has 0 saturated heterocycles. The second kappa shape index (κ2) is 11.2. The fourth-order valence-electron chi connectivity index (χ4n) is 2.63. The Balaban J connectivity index is 2.16. The summed E-state index contributed by atoms with van der Waals surface area (Å²) < 4.78 is 43.6. The third-order valence-electron chi connectivity index (χ3n) is 4.02. The van der Waals surface area contributed by atoms with E-state index >= 15 is 0 Å². The number of hydrogen-bond donors (Lipinski definition) is 2. The molecule has 0 aromatic heterocycles. The van der Waals surface area contributed by atoms with E-state index < -0.39 is 21.9 Å². The number of amides is 1.